The van der Waals surface area contributed by atoms with Crippen LogP contribution in [0.1, 0.15) is 0 Å². The van der Waals surface area contributed by atoms with E-state index in [0.29, 0.717) is 5.75 Å². The Bertz CT molecular complexity index is 560. The van der Waals surface area contributed by atoms with Gasteiger partial charge in [0.25, 0.3) is 5.91 Å². The first-order chi connectivity index (χ1) is 9.79. The molecule has 100 valence electrons. The zero-order chi connectivity index (χ0) is 14.2. The van der Waals surface area contributed by atoms with E-state index in [1.165, 1.54) is 0 Å². The van der Waals surface area contributed by atoms with E-state index in [1.807, 2.05) is 60.7 Å². The number of benzene rings is 2. The lowest BCUT2D eigenvalue weighted by molar-refractivity contribution is -0.123. The van der Waals surface area contributed by atoms with E-state index >= 15 is 0 Å². The van der Waals surface area contributed by atoms with Crippen LogP contribution in [0.2, 0.25) is 0 Å². The molecular weight excluding hydrogens is 253 g/mol. The average Bonchev–Trinajstić information content (AvgIpc) is 2.53. The van der Waals surface area contributed by atoms with Crippen LogP contribution in [0.3, 0.4) is 0 Å². The molecule has 0 spiro atoms. The maximum atomic E-state index is 11.2. The largest absolute Gasteiger partial charge is 0.585 e. The first-order valence-corrected chi connectivity index (χ1v) is 6.14. The fraction of sp³-hybridized carbons (Fsp3) is 0. The number of hydroxylamine groups is 1. The number of nitrogens with one attached hydrogen (secondary N) is 1. The second-order valence-corrected chi connectivity index (χ2v) is 3.96. The highest BCUT2D eigenvalue weighted by atomic mass is 16.7. The SMILES string of the molecule is C=CC(=O)NOB(Oc1ccccc1)c1ccccc1. The molecule has 0 aliphatic rings. The minimum atomic E-state index is -0.734. The Hall–Kier alpha value is -2.53. The zero-order valence-corrected chi connectivity index (χ0v) is 10.9. The van der Waals surface area contributed by atoms with Crippen molar-refractivity contribution >= 4 is 18.5 Å². The summed E-state index contributed by atoms with van der Waals surface area (Å²) in [6, 6.07) is 18.6. The molecule has 5 heteroatoms. The van der Waals surface area contributed by atoms with Crippen molar-refractivity contribution in [2.45, 2.75) is 0 Å². The Morgan fingerprint density at radius 2 is 1.65 bits per heavy atom. The smallest absolute Gasteiger partial charge is 0.531 e. The van der Waals surface area contributed by atoms with Gasteiger partial charge in [-0.05, 0) is 23.7 Å². The van der Waals surface area contributed by atoms with E-state index < -0.39 is 13.0 Å². The van der Waals surface area contributed by atoms with Crippen LogP contribution >= 0.6 is 0 Å². The summed E-state index contributed by atoms with van der Waals surface area (Å²) in [6.07, 6.45) is 1.13. The Balaban J connectivity index is 2.12. The molecule has 4 nitrogen and oxygen atoms in total. The van der Waals surface area contributed by atoms with Gasteiger partial charge in [-0.25, -0.2) is 5.48 Å². The van der Waals surface area contributed by atoms with Gasteiger partial charge >= 0.3 is 7.12 Å². The summed E-state index contributed by atoms with van der Waals surface area (Å²) in [6.45, 7) is 3.36. The normalized spacial score (nSPS) is 9.60. The molecule has 0 atom stereocenters. The van der Waals surface area contributed by atoms with Crippen LogP contribution in [0.4, 0.5) is 0 Å². The third kappa shape index (κ3) is 4.00. The zero-order valence-electron chi connectivity index (χ0n) is 10.9. The molecular formula is C15H14BNO3. The molecule has 0 aromatic heterocycles. The van der Waals surface area contributed by atoms with Crippen molar-refractivity contribution < 1.29 is 14.2 Å². The van der Waals surface area contributed by atoms with Gasteiger partial charge in [0.05, 0.1) is 0 Å². The Kier molecular flexibility index (Phi) is 4.97. The van der Waals surface area contributed by atoms with Gasteiger partial charge in [-0.3, -0.25) is 9.55 Å². The highest BCUT2D eigenvalue weighted by molar-refractivity contribution is 6.62. The molecule has 1 amide bonds. The second-order valence-electron chi connectivity index (χ2n) is 3.96. The molecule has 0 aliphatic carbocycles. The topological polar surface area (TPSA) is 47.6 Å². The minimum Gasteiger partial charge on any atom is -0.531 e. The molecule has 0 unspecified atom stereocenters. The van der Waals surface area contributed by atoms with E-state index in [0.717, 1.165) is 11.5 Å². The number of para-hydroxylation sites is 1. The van der Waals surface area contributed by atoms with E-state index in [-0.39, 0.29) is 0 Å². The first-order valence-electron chi connectivity index (χ1n) is 6.14. The van der Waals surface area contributed by atoms with Crippen LogP contribution in [0, 0.1) is 0 Å². The summed E-state index contributed by atoms with van der Waals surface area (Å²) >= 11 is 0. The van der Waals surface area contributed by atoms with Gasteiger partial charge in [-0.1, -0.05) is 55.1 Å². The van der Waals surface area contributed by atoms with Gasteiger partial charge < -0.3 is 4.65 Å². The van der Waals surface area contributed by atoms with E-state index in [2.05, 4.69) is 12.1 Å². The molecule has 2 aromatic rings. The van der Waals surface area contributed by atoms with Gasteiger partial charge in [-0.15, -0.1) is 0 Å². The monoisotopic (exact) mass is 267 g/mol. The third-order valence-corrected chi connectivity index (χ3v) is 2.51. The molecule has 2 aromatic carbocycles. The van der Waals surface area contributed by atoms with Gasteiger partial charge in [-0.2, -0.15) is 0 Å². The predicted molar refractivity (Wildman–Crippen MR) is 78.3 cm³/mol. The average molecular weight is 267 g/mol. The molecule has 1 N–H and O–H groups in total. The summed E-state index contributed by atoms with van der Waals surface area (Å²) in [7, 11) is -0.734. The van der Waals surface area contributed by atoms with Crippen molar-refractivity contribution in [3.8, 4) is 5.75 Å². The highest BCUT2D eigenvalue weighted by Crippen LogP contribution is 2.09. The molecule has 0 saturated carbocycles. The molecule has 0 radical (unpaired) electrons. The van der Waals surface area contributed by atoms with Crippen molar-refractivity contribution in [3.63, 3.8) is 0 Å². The molecule has 0 aliphatic heterocycles. The summed E-state index contributed by atoms with van der Waals surface area (Å²) in [5, 5.41) is 0. The van der Waals surface area contributed by atoms with Crippen molar-refractivity contribution in [2.75, 3.05) is 0 Å². The number of hydrogen-bond donors (Lipinski definition) is 1. The second kappa shape index (κ2) is 7.16. The fourth-order valence-electron chi connectivity index (χ4n) is 1.55. The molecule has 0 heterocycles. The van der Waals surface area contributed by atoms with Gasteiger partial charge in [0, 0.05) is 0 Å². The van der Waals surface area contributed by atoms with E-state index in [4.69, 9.17) is 9.41 Å². The van der Waals surface area contributed by atoms with Crippen molar-refractivity contribution in [2.24, 2.45) is 0 Å². The summed E-state index contributed by atoms with van der Waals surface area (Å²) in [4.78, 5) is 11.2. The maximum absolute atomic E-state index is 11.2. The molecule has 0 bridgehead atoms. The summed E-state index contributed by atoms with van der Waals surface area (Å²) < 4.78 is 11.0. The van der Waals surface area contributed by atoms with Crippen molar-refractivity contribution in [1.82, 2.24) is 5.48 Å². The molecule has 0 fully saturated rings. The maximum Gasteiger partial charge on any atom is 0.585 e. The van der Waals surface area contributed by atoms with Gasteiger partial charge in [0.2, 0.25) is 0 Å². The lowest BCUT2D eigenvalue weighted by atomic mass is 9.79. The first kappa shape index (κ1) is 13.9. The van der Waals surface area contributed by atoms with Gasteiger partial charge in [0.15, 0.2) is 0 Å². The summed E-state index contributed by atoms with van der Waals surface area (Å²) in [5.41, 5.74) is 3.06. The predicted octanol–water partition coefficient (Wildman–Crippen LogP) is 1.69. The highest BCUT2D eigenvalue weighted by Gasteiger charge is 2.24. The van der Waals surface area contributed by atoms with Crippen LogP contribution < -0.4 is 15.6 Å². The van der Waals surface area contributed by atoms with Crippen molar-refractivity contribution in [1.29, 1.82) is 0 Å². The number of rotatable bonds is 6. The van der Waals surface area contributed by atoms with Gasteiger partial charge in [0.1, 0.15) is 5.75 Å². The minimum absolute atomic E-state index is 0.428. The van der Waals surface area contributed by atoms with E-state index in [1.54, 1.807) is 0 Å². The Morgan fingerprint density at radius 1 is 1.05 bits per heavy atom. The van der Waals surface area contributed by atoms with Crippen LogP contribution in [0.25, 0.3) is 0 Å². The van der Waals surface area contributed by atoms with Crippen LogP contribution in [0.5, 0.6) is 5.75 Å². The summed E-state index contributed by atoms with van der Waals surface area (Å²) in [5.74, 6) is 0.219. The number of hydrogen-bond acceptors (Lipinski definition) is 3. The van der Waals surface area contributed by atoms with E-state index in [9.17, 15) is 4.79 Å². The Labute approximate surface area is 118 Å². The van der Waals surface area contributed by atoms with Crippen LogP contribution in [-0.4, -0.2) is 13.0 Å². The standard InChI is InChI=1S/C15H14BNO3/c1-2-15(18)17-20-16(13-9-5-3-6-10-13)19-14-11-7-4-8-12-14/h2-12H,1H2,(H,17,18). The van der Waals surface area contributed by atoms with Crippen molar-refractivity contribution in [3.05, 3.63) is 73.3 Å². The molecule has 20 heavy (non-hydrogen) atoms. The number of carbonyl (C=O) groups is 1. The number of amides is 1. The van der Waals surface area contributed by atoms with Crippen LogP contribution in [-0.2, 0) is 9.55 Å². The lowest BCUT2D eigenvalue weighted by Crippen LogP contribution is -2.45. The Morgan fingerprint density at radius 3 is 2.25 bits per heavy atom. The third-order valence-electron chi connectivity index (χ3n) is 2.51. The van der Waals surface area contributed by atoms with Crippen LogP contribution in [0.15, 0.2) is 73.3 Å². The quantitative estimate of drug-likeness (QED) is 0.492. The lowest BCUT2D eigenvalue weighted by Gasteiger charge is -2.15. The number of carbonyl (C=O) groups excluding carboxylic acids is 1. The molecule has 0 saturated heterocycles. The molecule has 2 rings (SSSR count). The fourth-order valence-corrected chi connectivity index (χ4v) is 1.55.